The highest BCUT2D eigenvalue weighted by Gasteiger charge is 2.15. The summed E-state index contributed by atoms with van der Waals surface area (Å²) in [4.78, 5) is 12.4. The number of thioether (sulfide) groups is 1. The van der Waals surface area contributed by atoms with Crippen LogP contribution in [0.2, 0.25) is 0 Å². The molecular weight excluding hydrogens is 238 g/mol. The number of amides is 1. The number of carbonyl (C=O) groups is 1. The van der Waals surface area contributed by atoms with Gasteiger partial charge in [0.1, 0.15) is 5.75 Å². The average Bonchev–Trinajstić information content (AvgIpc) is 2.32. The number of para-hydroxylation sites is 1. The van der Waals surface area contributed by atoms with Gasteiger partial charge in [0.2, 0.25) is 5.91 Å². The van der Waals surface area contributed by atoms with Gasteiger partial charge < -0.3 is 15.2 Å². The van der Waals surface area contributed by atoms with E-state index < -0.39 is 0 Å². The lowest BCUT2D eigenvalue weighted by Crippen LogP contribution is -2.33. The zero-order valence-corrected chi connectivity index (χ0v) is 10.8. The van der Waals surface area contributed by atoms with Crippen molar-refractivity contribution in [2.75, 3.05) is 20.3 Å². The molecule has 0 fully saturated rings. The second kappa shape index (κ2) is 7.19. The molecule has 1 rings (SSSR count). The molecule has 1 amide bonds. The summed E-state index contributed by atoms with van der Waals surface area (Å²) in [6, 6.07) is 6.98. The number of hydrogen-bond acceptors (Lipinski definition) is 4. The van der Waals surface area contributed by atoms with Crippen LogP contribution in [-0.2, 0) is 9.53 Å². The minimum atomic E-state index is -0.250. The number of phenols is 1. The standard InChI is InChI=1S/C12H17NO3S/c1-9(12(15)13-7-8-16-2)17-11-6-4-3-5-10(11)14/h3-6,9,14H,7-8H2,1-2H3,(H,13,15). The molecule has 0 aliphatic rings. The second-order valence-corrected chi connectivity index (χ2v) is 4.89. The molecule has 1 unspecified atom stereocenters. The fraction of sp³-hybridized carbons (Fsp3) is 0.417. The predicted octanol–water partition coefficient (Wildman–Crippen LogP) is 1.64. The predicted molar refractivity (Wildman–Crippen MR) is 68.3 cm³/mol. The summed E-state index contributed by atoms with van der Waals surface area (Å²) in [6.45, 7) is 2.81. The Bertz CT molecular complexity index is 371. The molecule has 17 heavy (non-hydrogen) atoms. The quantitative estimate of drug-likeness (QED) is 0.599. The van der Waals surface area contributed by atoms with Crippen LogP contribution in [0.15, 0.2) is 29.2 Å². The first-order valence-corrected chi connectivity index (χ1v) is 6.24. The van der Waals surface area contributed by atoms with Gasteiger partial charge in [-0.1, -0.05) is 12.1 Å². The fourth-order valence-corrected chi connectivity index (χ4v) is 2.14. The molecule has 94 valence electrons. The second-order valence-electron chi connectivity index (χ2n) is 3.51. The smallest absolute Gasteiger partial charge is 0.233 e. The minimum Gasteiger partial charge on any atom is -0.507 e. The van der Waals surface area contributed by atoms with Crippen molar-refractivity contribution in [2.45, 2.75) is 17.1 Å². The summed E-state index contributed by atoms with van der Waals surface area (Å²) in [6.07, 6.45) is 0. The zero-order valence-electron chi connectivity index (χ0n) is 9.97. The average molecular weight is 255 g/mol. The van der Waals surface area contributed by atoms with Gasteiger partial charge >= 0.3 is 0 Å². The monoisotopic (exact) mass is 255 g/mol. The van der Waals surface area contributed by atoms with Gasteiger partial charge in [-0.15, -0.1) is 11.8 Å². The number of carbonyl (C=O) groups excluding carboxylic acids is 1. The minimum absolute atomic E-state index is 0.0599. The zero-order chi connectivity index (χ0) is 12.7. The molecule has 0 saturated carbocycles. The first-order chi connectivity index (χ1) is 8.15. The normalized spacial score (nSPS) is 12.1. The molecule has 2 N–H and O–H groups in total. The topological polar surface area (TPSA) is 58.6 Å². The Morgan fingerprint density at radius 2 is 2.24 bits per heavy atom. The summed E-state index contributed by atoms with van der Waals surface area (Å²) in [5.41, 5.74) is 0. The van der Waals surface area contributed by atoms with Crippen LogP contribution in [0, 0.1) is 0 Å². The van der Waals surface area contributed by atoms with E-state index in [4.69, 9.17) is 4.74 Å². The van der Waals surface area contributed by atoms with Crippen LogP contribution in [0.4, 0.5) is 0 Å². The number of rotatable bonds is 6. The number of phenolic OH excluding ortho intramolecular Hbond substituents is 1. The molecule has 0 aliphatic heterocycles. The Morgan fingerprint density at radius 1 is 1.53 bits per heavy atom. The van der Waals surface area contributed by atoms with Gasteiger partial charge in [-0.2, -0.15) is 0 Å². The first-order valence-electron chi connectivity index (χ1n) is 5.36. The largest absolute Gasteiger partial charge is 0.507 e. The van der Waals surface area contributed by atoms with Gasteiger partial charge in [0.15, 0.2) is 0 Å². The van der Waals surface area contributed by atoms with E-state index in [9.17, 15) is 9.90 Å². The molecule has 0 aromatic heterocycles. The number of hydrogen-bond donors (Lipinski definition) is 2. The highest BCUT2D eigenvalue weighted by Crippen LogP contribution is 2.30. The van der Waals surface area contributed by atoms with Gasteiger partial charge in [0, 0.05) is 18.6 Å². The first kappa shape index (κ1) is 13.9. The van der Waals surface area contributed by atoms with Gasteiger partial charge in [0.25, 0.3) is 0 Å². The lowest BCUT2D eigenvalue weighted by molar-refractivity contribution is -0.120. The summed E-state index contributed by atoms with van der Waals surface area (Å²) < 4.78 is 4.85. The lowest BCUT2D eigenvalue weighted by atomic mass is 10.3. The van der Waals surface area contributed by atoms with Crippen LogP contribution < -0.4 is 5.32 Å². The Kier molecular flexibility index (Phi) is 5.86. The van der Waals surface area contributed by atoms with Crippen LogP contribution in [0.25, 0.3) is 0 Å². The molecule has 0 saturated heterocycles. The number of benzene rings is 1. The van der Waals surface area contributed by atoms with E-state index in [1.807, 2.05) is 6.07 Å². The highest BCUT2D eigenvalue weighted by atomic mass is 32.2. The molecule has 0 bridgehead atoms. The Morgan fingerprint density at radius 3 is 2.88 bits per heavy atom. The van der Waals surface area contributed by atoms with E-state index in [2.05, 4.69) is 5.32 Å². The molecular formula is C12H17NO3S. The highest BCUT2D eigenvalue weighted by molar-refractivity contribution is 8.00. The summed E-state index contributed by atoms with van der Waals surface area (Å²) in [7, 11) is 1.59. The molecule has 0 spiro atoms. The maximum absolute atomic E-state index is 11.7. The maximum atomic E-state index is 11.7. The third-order valence-electron chi connectivity index (χ3n) is 2.14. The van der Waals surface area contributed by atoms with E-state index in [1.54, 1.807) is 32.2 Å². The van der Waals surface area contributed by atoms with Crippen LogP contribution in [0.3, 0.4) is 0 Å². The van der Waals surface area contributed by atoms with Crippen molar-refractivity contribution in [1.82, 2.24) is 5.32 Å². The third kappa shape index (κ3) is 4.66. The van der Waals surface area contributed by atoms with Crippen molar-refractivity contribution in [3.8, 4) is 5.75 Å². The summed E-state index contributed by atoms with van der Waals surface area (Å²) >= 11 is 1.33. The number of aromatic hydroxyl groups is 1. The van der Waals surface area contributed by atoms with Crippen molar-refractivity contribution < 1.29 is 14.6 Å². The number of ether oxygens (including phenoxy) is 1. The third-order valence-corrected chi connectivity index (χ3v) is 3.31. The van der Waals surface area contributed by atoms with E-state index in [0.717, 1.165) is 0 Å². The van der Waals surface area contributed by atoms with E-state index >= 15 is 0 Å². The van der Waals surface area contributed by atoms with Gasteiger partial charge in [0.05, 0.1) is 11.9 Å². The Hall–Kier alpha value is -1.20. The maximum Gasteiger partial charge on any atom is 0.233 e. The number of nitrogens with one attached hydrogen (secondary N) is 1. The van der Waals surface area contributed by atoms with Crippen LogP contribution in [0.1, 0.15) is 6.92 Å². The molecule has 1 aromatic rings. The van der Waals surface area contributed by atoms with E-state index in [1.165, 1.54) is 11.8 Å². The van der Waals surface area contributed by atoms with E-state index in [0.29, 0.717) is 18.0 Å². The molecule has 0 radical (unpaired) electrons. The van der Waals surface area contributed by atoms with Gasteiger partial charge in [-0.3, -0.25) is 4.79 Å². The van der Waals surface area contributed by atoms with Gasteiger partial charge in [-0.05, 0) is 19.1 Å². The molecule has 0 heterocycles. The molecule has 4 nitrogen and oxygen atoms in total. The van der Waals surface area contributed by atoms with Crippen molar-refractivity contribution in [3.63, 3.8) is 0 Å². The van der Waals surface area contributed by atoms with Crippen LogP contribution in [0.5, 0.6) is 5.75 Å². The van der Waals surface area contributed by atoms with Crippen molar-refractivity contribution >= 4 is 17.7 Å². The van der Waals surface area contributed by atoms with Crippen LogP contribution in [-0.4, -0.2) is 36.5 Å². The van der Waals surface area contributed by atoms with Gasteiger partial charge in [-0.25, -0.2) is 0 Å². The molecule has 1 atom stereocenters. The SMILES string of the molecule is COCCNC(=O)C(C)Sc1ccccc1O. The molecule has 1 aromatic carbocycles. The Labute approximate surface area is 105 Å². The molecule has 0 aliphatic carbocycles. The van der Waals surface area contributed by atoms with E-state index in [-0.39, 0.29) is 16.9 Å². The Balaban J connectivity index is 2.46. The number of methoxy groups -OCH3 is 1. The molecule has 5 heteroatoms. The van der Waals surface area contributed by atoms with Crippen molar-refractivity contribution in [2.24, 2.45) is 0 Å². The summed E-state index contributed by atoms with van der Waals surface area (Å²) in [5, 5.41) is 12.1. The fourth-order valence-electron chi connectivity index (χ4n) is 1.22. The van der Waals surface area contributed by atoms with Crippen molar-refractivity contribution in [3.05, 3.63) is 24.3 Å². The van der Waals surface area contributed by atoms with Crippen molar-refractivity contribution in [1.29, 1.82) is 0 Å². The van der Waals surface area contributed by atoms with Crippen LogP contribution >= 0.6 is 11.8 Å². The summed E-state index contributed by atoms with van der Waals surface area (Å²) in [5.74, 6) is 0.143. The lowest BCUT2D eigenvalue weighted by Gasteiger charge is -2.12.